The Morgan fingerprint density at radius 2 is 1.95 bits per heavy atom. The fraction of sp³-hybridized carbons (Fsp3) is 0.938. The van der Waals surface area contributed by atoms with Crippen LogP contribution in [-0.4, -0.2) is 35.2 Å². The van der Waals surface area contributed by atoms with Gasteiger partial charge in [0.05, 0.1) is 0 Å². The molecule has 2 N–H and O–H groups in total. The maximum atomic E-state index is 12.6. The number of carbonyl (C=O) groups is 1. The molecule has 2 aliphatic carbocycles. The molecule has 20 heavy (non-hydrogen) atoms. The molecule has 0 aromatic carbocycles. The summed E-state index contributed by atoms with van der Waals surface area (Å²) in [7, 11) is 0. The van der Waals surface area contributed by atoms with Crippen molar-refractivity contribution in [3.8, 4) is 0 Å². The second-order valence-corrected chi connectivity index (χ2v) is 7.89. The Morgan fingerprint density at radius 1 is 1.25 bits per heavy atom. The van der Waals surface area contributed by atoms with Crippen LogP contribution in [0.4, 0.5) is 4.79 Å². The minimum atomic E-state index is -0.419. The maximum absolute atomic E-state index is 12.6. The SMILES string of the molecule is CC(C)(C)OC(=O)N1CCCCC2C(N)C3(CCC3)C21. The molecule has 0 bridgehead atoms. The molecule has 3 rings (SSSR count). The summed E-state index contributed by atoms with van der Waals surface area (Å²) < 4.78 is 5.63. The van der Waals surface area contributed by atoms with E-state index in [1.165, 1.54) is 32.1 Å². The van der Waals surface area contributed by atoms with Gasteiger partial charge in [-0.2, -0.15) is 0 Å². The highest BCUT2D eigenvalue weighted by Crippen LogP contribution is 2.61. The van der Waals surface area contributed by atoms with Gasteiger partial charge >= 0.3 is 6.09 Å². The van der Waals surface area contributed by atoms with Gasteiger partial charge in [0.2, 0.25) is 0 Å². The van der Waals surface area contributed by atoms with Crippen molar-refractivity contribution in [2.24, 2.45) is 17.1 Å². The smallest absolute Gasteiger partial charge is 0.410 e. The lowest BCUT2D eigenvalue weighted by molar-refractivity contribution is -0.143. The third-order valence-electron chi connectivity index (χ3n) is 5.55. The van der Waals surface area contributed by atoms with Crippen molar-refractivity contribution < 1.29 is 9.53 Å². The number of nitrogens with zero attached hydrogens (tertiary/aromatic N) is 1. The topological polar surface area (TPSA) is 55.6 Å². The molecule has 1 amide bonds. The summed E-state index contributed by atoms with van der Waals surface area (Å²) in [6, 6.07) is 0.632. The number of ether oxygens (including phenoxy) is 1. The Balaban J connectivity index is 1.80. The van der Waals surface area contributed by atoms with Gasteiger partial charge in [0.25, 0.3) is 0 Å². The van der Waals surface area contributed by atoms with Crippen LogP contribution in [-0.2, 0) is 4.74 Å². The van der Waals surface area contributed by atoms with Gasteiger partial charge in [-0.15, -0.1) is 0 Å². The van der Waals surface area contributed by atoms with Gasteiger partial charge in [-0.25, -0.2) is 4.79 Å². The van der Waals surface area contributed by atoms with E-state index in [-0.39, 0.29) is 11.5 Å². The average Bonchev–Trinajstić information content (AvgIpc) is 2.45. The Kier molecular flexibility index (Phi) is 3.27. The number of nitrogens with two attached hydrogens (primary N) is 1. The highest BCUT2D eigenvalue weighted by molar-refractivity contribution is 5.69. The first-order valence-corrected chi connectivity index (χ1v) is 8.10. The maximum Gasteiger partial charge on any atom is 0.410 e. The molecular weight excluding hydrogens is 252 g/mol. The largest absolute Gasteiger partial charge is 0.444 e. The summed E-state index contributed by atoms with van der Waals surface area (Å²) in [5.41, 5.74) is 6.25. The monoisotopic (exact) mass is 280 g/mol. The van der Waals surface area contributed by atoms with Crippen LogP contribution in [0, 0.1) is 11.3 Å². The minimum Gasteiger partial charge on any atom is -0.444 e. The number of likely N-dealkylation sites (tertiary alicyclic amines) is 1. The van der Waals surface area contributed by atoms with Gasteiger partial charge in [0.15, 0.2) is 0 Å². The van der Waals surface area contributed by atoms with Crippen LogP contribution in [0.15, 0.2) is 0 Å². The third-order valence-corrected chi connectivity index (χ3v) is 5.55. The van der Waals surface area contributed by atoms with E-state index in [4.69, 9.17) is 10.5 Å². The number of carbonyl (C=O) groups excluding carboxylic acids is 1. The first-order valence-electron chi connectivity index (χ1n) is 8.10. The summed E-state index contributed by atoms with van der Waals surface area (Å²) in [5, 5.41) is 0. The van der Waals surface area contributed by atoms with Crippen LogP contribution in [0.25, 0.3) is 0 Å². The van der Waals surface area contributed by atoms with Crippen LogP contribution in [0.2, 0.25) is 0 Å². The van der Waals surface area contributed by atoms with Crippen molar-refractivity contribution in [1.82, 2.24) is 4.90 Å². The summed E-state index contributed by atoms with van der Waals surface area (Å²) >= 11 is 0. The predicted octanol–water partition coefficient (Wildman–Crippen LogP) is 2.90. The van der Waals surface area contributed by atoms with Crippen molar-refractivity contribution in [2.75, 3.05) is 6.54 Å². The van der Waals surface area contributed by atoms with E-state index in [1.807, 2.05) is 25.7 Å². The summed E-state index contributed by atoms with van der Waals surface area (Å²) in [4.78, 5) is 14.6. The van der Waals surface area contributed by atoms with Gasteiger partial charge in [-0.3, -0.25) is 0 Å². The van der Waals surface area contributed by atoms with E-state index in [0.717, 1.165) is 13.0 Å². The van der Waals surface area contributed by atoms with Crippen molar-refractivity contribution in [2.45, 2.75) is 77.0 Å². The van der Waals surface area contributed by atoms with Crippen LogP contribution in [0.1, 0.15) is 59.3 Å². The van der Waals surface area contributed by atoms with Gasteiger partial charge in [0, 0.05) is 24.0 Å². The zero-order chi connectivity index (χ0) is 14.5. The van der Waals surface area contributed by atoms with E-state index in [0.29, 0.717) is 18.0 Å². The Bertz CT molecular complexity index is 398. The van der Waals surface area contributed by atoms with E-state index >= 15 is 0 Å². The van der Waals surface area contributed by atoms with Crippen molar-refractivity contribution in [3.05, 3.63) is 0 Å². The second kappa shape index (κ2) is 4.62. The fourth-order valence-corrected chi connectivity index (χ4v) is 4.55. The average molecular weight is 280 g/mol. The number of hydrogen-bond donors (Lipinski definition) is 1. The Labute approximate surface area is 122 Å². The molecule has 1 aliphatic heterocycles. The molecule has 114 valence electrons. The summed E-state index contributed by atoms with van der Waals surface area (Å²) in [5.74, 6) is 0.491. The standard InChI is InChI=1S/C16H28N2O2/c1-15(2,3)20-14(19)18-10-5-4-7-11-12(17)16(13(11)18)8-6-9-16/h11-13H,4-10,17H2,1-3H3. The van der Waals surface area contributed by atoms with E-state index < -0.39 is 5.60 Å². The molecule has 4 heteroatoms. The van der Waals surface area contributed by atoms with E-state index in [2.05, 4.69) is 0 Å². The van der Waals surface area contributed by atoms with Gasteiger partial charge in [-0.1, -0.05) is 12.8 Å². The molecule has 4 nitrogen and oxygen atoms in total. The van der Waals surface area contributed by atoms with Gasteiger partial charge in [-0.05, 0) is 52.4 Å². The van der Waals surface area contributed by atoms with E-state index in [1.54, 1.807) is 0 Å². The minimum absolute atomic E-state index is 0.132. The predicted molar refractivity (Wildman–Crippen MR) is 78.3 cm³/mol. The summed E-state index contributed by atoms with van der Waals surface area (Å²) in [6.07, 6.45) is 6.95. The van der Waals surface area contributed by atoms with Crippen LogP contribution in [0.3, 0.4) is 0 Å². The van der Waals surface area contributed by atoms with Gasteiger partial charge < -0.3 is 15.4 Å². The lowest BCUT2D eigenvalue weighted by atomic mass is 9.44. The molecule has 1 saturated heterocycles. The summed E-state index contributed by atoms with van der Waals surface area (Å²) in [6.45, 7) is 6.65. The number of amides is 1. The second-order valence-electron chi connectivity index (χ2n) is 7.89. The quantitative estimate of drug-likeness (QED) is 0.742. The number of fused-ring (bicyclic) bond motifs is 2. The third kappa shape index (κ3) is 2.03. The molecule has 3 unspecified atom stereocenters. The molecule has 1 heterocycles. The van der Waals surface area contributed by atoms with Crippen LogP contribution in [0.5, 0.6) is 0 Å². The van der Waals surface area contributed by atoms with Crippen molar-refractivity contribution in [1.29, 1.82) is 0 Å². The zero-order valence-corrected chi connectivity index (χ0v) is 13.0. The molecule has 0 aromatic rings. The van der Waals surface area contributed by atoms with Crippen LogP contribution < -0.4 is 5.73 Å². The Hall–Kier alpha value is -0.770. The molecule has 0 radical (unpaired) electrons. The molecule has 3 fully saturated rings. The molecule has 3 atom stereocenters. The van der Waals surface area contributed by atoms with E-state index in [9.17, 15) is 4.79 Å². The molecular formula is C16H28N2O2. The zero-order valence-electron chi connectivity index (χ0n) is 13.0. The highest BCUT2D eigenvalue weighted by atomic mass is 16.6. The lowest BCUT2D eigenvalue weighted by Gasteiger charge is -2.67. The van der Waals surface area contributed by atoms with Gasteiger partial charge in [0.1, 0.15) is 5.60 Å². The first kappa shape index (κ1) is 14.2. The molecule has 2 saturated carbocycles. The molecule has 3 aliphatic rings. The Morgan fingerprint density at radius 3 is 2.50 bits per heavy atom. The normalized spacial score (nSPS) is 35.6. The van der Waals surface area contributed by atoms with Crippen LogP contribution >= 0.6 is 0 Å². The van der Waals surface area contributed by atoms with Crippen molar-refractivity contribution >= 4 is 6.09 Å². The lowest BCUT2D eigenvalue weighted by Crippen LogP contribution is -2.76. The fourth-order valence-electron chi connectivity index (χ4n) is 4.55. The highest BCUT2D eigenvalue weighted by Gasteiger charge is 2.65. The molecule has 1 spiro atoms. The first-order chi connectivity index (χ1) is 9.35. The molecule has 0 aromatic heterocycles. The number of hydrogen-bond acceptors (Lipinski definition) is 3. The number of rotatable bonds is 0. The van der Waals surface area contributed by atoms with Crippen molar-refractivity contribution in [3.63, 3.8) is 0 Å².